The number of fused-ring (bicyclic) bond motifs is 1. The van der Waals surface area contributed by atoms with E-state index in [4.69, 9.17) is 9.72 Å². The van der Waals surface area contributed by atoms with E-state index in [0.717, 1.165) is 76.4 Å². The van der Waals surface area contributed by atoms with Crippen molar-refractivity contribution in [3.8, 4) is 17.0 Å². The number of hydrogen-bond donors (Lipinski definition) is 3. The summed E-state index contributed by atoms with van der Waals surface area (Å²) in [5.41, 5.74) is 2.44. The van der Waals surface area contributed by atoms with Gasteiger partial charge >= 0.3 is 0 Å². The van der Waals surface area contributed by atoms with Crippen molar-refractivity contribution in [2.24, 2.45) is 11.3 Å². The standard InChI is InChI=1S/C27H39N9O3S/c37-40(38,13-6-19-4-9-28-10-5-19)35-11-7-27(8-12-35)14-21(15-27)32-26-33-25-24(39-22-2-1-3-22)23(20-16-30-31-17-20)29-18-36(25)34-26/h16-19,21-22,28H,1-15H2,(H,30,31)(H,32,34). The fourth-order valence-corrected chi connectivity index (χ4v) is 8.41. The molecule has 2 aliphatic carbocycles. The Morgan fingerprint density at radius 1 is 1.12 bits per heavy atom. The lowest BCUT2D eigenvalue weighted by Gasteiger charge is -2.52. The first-order chi connectivity index (χ1) is 19.5. The summed E-state index contributed by atoms with van der Waals surface area (Å²) < 4.78 is 35.8. The average molecular weight is 570 g/mol. The van der Waals surface area contributed by atoms with Gasteiger partial charge in [0.25, 0.3) is 0 Å². The number of H-pyrrole nitrogens is 1. The molecular formula is C27H39N9O3S. The Bertz CT molecular complexity index is 1410. The highest BCUT2D eigenvalue weighted by Crippen LogP contribution is 2.50. The lowest BCUT2D eigenvalue weighted by Crippen LogP contribution is -2.52. The fourth-order valence-electron chi connectivity index (χ4n) is 6.78. The van der Waals surface area contributed by atoms with Crippen LogP contribution in [0.4, 0.5) is 5.95 Å². The number of nitrogens with zero attached hydrogens (tertiary/aromatic N) is 6. The SMILES string of the molecule is O=S(=O)(CCC1CCNCC1)N1CCC2(CC1)CC(Nc1nc3c(OC4CCC4)c(-c4cn[nH]c4)ncn3n1)C2. The van der Waals surface area contributed by atoms with E-state index < -0.39 is 10.0 Å². The molecule has 40 heavy (non-hydrogen) atoms. The van der Waals surface area contributed by atoms with Crippen molar-refractivity contribution < 1.29 is 13.2 Å². The molecule has 7 rings (SSSR count). The number of hydrogen-bond acceptors (Lipinski definition) is 9. The van der Waals surface area contributed by atoms with Crippen molar-refractivity contribution in [3.05, 3.63) is 18.7 Å². The van der Waals surface area contributed by atoms with Gasteiger partial charge in [-0.1, -0.05) is 0 Å². The second kappa shape index (κ2) is 10.6. The van der Waals surface area contributed by atoms with E-state index in [9.17, 15) is 8.42 Å². The van der Waals surface area contributed by atoms with Gasteiger partial charge < -0.3 is 15.4 Å². The highest BCUT2D eigenvalue weighted by molar-refractivity contribution is 7.89. The molecule has 13 heteroatoms. The zero-order valence-corrected chi connectivity index (χ0v) is 23.7. The molecule has 5 heterocycles. The van der Waals surface area contributed by atoms with Crippen LogP contribution in [0.25, 0.3) is 16.9 Å². The van der Waals surface area contributed by atoms with Crippen molar-refractivity contribution in [3.63, 3.8) is 0 Å². The molecule has 12 nitrogen and oxygen atoms in total. The van der Waals surface area contributed by atoms with Crippen molar-refractivity contribution in [2.75, 3.05) is 37.2 Å². The van der Waals surface area contributed by atoms with Crippen molar-refractivity contribution in [1.82, 2.24) is 39.4 Å². The molecule has 0 unspecified atom stereocenters. The minimum atomic E-state index is -3.17. The van der Waals surface area contributed by atoms with E-state index in [1.54, 1.807) is 27.5 Å². The Morgan fingerprint density at radius 2 is 1.93 bits per heavy atom. The van der Waals surface area contributed by atoms with Crippen LogP contribution in [0.1, 0.15) is 64.2 Å². The number of anilines is 1. The molecule has 0 amide bonds. The maximum atomic E-state index is 13.0. The summed E-state index contributed by atoms with van der Waals surface area (Å²) in [6.45, 7) is 3.29. The van der Waals surface area contributed by atoms with E-state index in [1.165, 1.54) is 6.42 Å². The third-order valence-electron chi connectivity index (χ3n) is 9.57. The molecule has 0 bridgehead atoms. The minimum Gasteiger partial charge on any atom is -0.484 e. The topological polar surface area (TPSA) is 142 Å². The Balaban J connectivity index is 0.965. The predicted molar refractivity (Wildman–Crippen MR) is 151 cm³/mol. The van der Waals surface area contributed by atoms with E-state index in [2.05, 4.69) is 30.9 Å². The first kappa shape index (κ1) is 26.1. The van der Waals surface area contributed by atoms with Crippen LogP contribution in [0.2, 0.25) is 0 Å². The molecule has 0 aromatic carbocycles. The van der Waals surface area contributed by atoms with Crippen LogP contribution in [-0.2, 0) is 10.0 Å². The third-order valence-corrected chi connectivity index (χ3v) is 11.5. The molecule has 4 aliphatic rings. The molecule has 4 fully saturated rings. The van der Waals surface area contributed by atoms with Crippen molar-refractivity contribution >= 4 is 21.6 Å². The second-order valence-corrected chi connectivity index (χ2v) is 14.3. The first-order valence-corrected chi connectivity index (χ1v) is 16.4. The first-order valence-electron chi connectivity index (χ1n) is 14.8. The van der Waals surface area contributed by atoms with Gasteiger partial charge in [0.1, 0.15) is 12.0 Å². The summed E-state index contributed by atoms with van der Waals surface area (Å²) in [6, 6.07) is 0.276. The number of aromatic nitrogens is 6. The zero-order chi connectivity index (χ0) is 27.2. The largest absolute Gasteiger partial charge is 0.484 e. The number of piperidine rings is 2. The number of sulfonamides is 1. The van der Waals surface area contributed by atoms with Gasteiger partial charge in [0, 0.05) is 30.9 Å². The summed E-state index contributed by atoms with van der Waals surface area (Å²) in [4.78, 5) is 9.42. The average Bonchev–Trinajstić information content (AvgIpc) is 3.60. The zero-order valence-electron chi connectivity index (χ0n) is 22.9. The number of nitrogens with one attached hydrogen (secondary N) is 3. The predicted octanol–water partition coefficient (Wildman–Crippen LogP) is 2.82. The van der Waals surface area contributed by atoms with Gasteiger partial charge in [-0.2, -0.15) is 14.6 Å². The van der Waals surface area contributed by atoms with Crippen LogP contribution in [-0.4, -0.2) is 86.6 Å². The van der Waals surface area contributed by atoms with Gasteiger partial charge in [0.2, 0.25) is 21.6 Å². The molecule has 2 saturated carbocycles. The molecule has 0 radical (unpaired) electrons. The van der Waals surface area contributed by atoms with Crippen LogP contribution in [0.15, 0.2) is 18.7 Å². The van der Waals surface area contributed by atoms with Gasteiger partial charge in [-0.25, -0.2) is 17.7 Å². The third kappa shape index (κ3) is 5.18. The number of rotatable bonds is 9. The van der Waals surface area contributed by atoms with Crippen LogP contribution < -0.4 is 15.4 Å². The van der Waals surface area contributed by atoms with Gasteiger partial charge in [0.15, 0.2) is 5.75 Å². The molecule has 3 aromatic heterocycles. The van der Waals surface area contributed by atoms with Gasteiger partial charge in [0.05, 0.1) is 18.1 Å². The van der Waals surface area contributed by atoms with Crippen LogP contribution in [0.3, 0.4) is 0 Å². The molecule has 0 atom stereocenters. The molecule has 3 aromatic rings. The van der Waals surface area contributed by atoms with Crippen molar-refractivity contribution in [2.45, 2.75) is 76.4 Å². The number of aromatic amines is 1. The summed E-state index contributed by atoms with van der Waals surface area (Å²) in [5, 5.41) is 18.4. The van der Waals surface area contributed by atoms with Crippen LogP contribution >= 0.6 is 0 Å². The van der Waals surface area contributed by atoms with Crippen LogP contribution in [0, 0.1) is 11.3 Å². The lowest BCUT2D eigenvalue weighted by atomic mass is 9.60. The van der Waals surface area contributed by atoms with E-state index in [1.807, 2.05) is 0 Å². The molecule has 2 saturated heterocycles. The fraction of sp³-hybridized carbons (Fsp3) is 0.704. The maximum absolute atomic E-state index is 13.0. The molecular weight excluding hydrogens is 530 g/mol. The van der Waals surface area contributed by atoms with E-state index in [-0.39, 0.29) is 23.3 Å². The summed E-state index contributed by atoms with van der Waals surface area (Å²) in [5.74, 6) is 2.04. The minimum absolute atomic E-state index is 0.178. The molecule has 3 N–H and O–H groups in total. The van der Waals surface area contributed by atoms with Gasteiger partial charge in [-0.15, -0.1) is 5.10 Å². The molecule has 2 aliphatic heterocycles. The van der Waals surface area contributed by atoms with Crippen molar-refractivity contribution in [1.29, 1.82) is 0 Å². The summed E-state index contributed by atoms with van der Waals surface area (Å²) in [7, 11) is -3.17. The monoisotopic (exact) mass is 569 g/mol. The Hall–Kier alpha value is -2.77. The normalized spacial score (nSPS) is 22.8. The highest BCUT2D eigenvalue weighted by Gasteiger charge is 2.47. The second-order valence-electron chi connectivity index (χ2n) is 12.2. The van der Waals surface area contributed by atoms with Crippen LogP contribution in [0.5, 0.6) is 5.75 Å². The molecule has 216 valence electrons. The summed E-state index contributed by atoms with van der Waals surface area (Å²) in [6.07, 6.45) is 15.5. The maximum Gasteiger partial charge on any atom is 0.243 e. The van der Waals surface area contributed by atoms with E-state index >= 15 is 0 Å². The molecule has 1 spiro atoms. The Labute approximate surface area is 234 Å². The quantitative estimate of drug-likeness (QED) is 0.354. The Kier molecular flexibility index (Phi) is 6.91. The Morgan fingerprint density at radius 3 is 2.62 bits per heavy atom. The smallest absolute Gasteiger partial charge is 0.243 e. The lowest BCUT2D eigenvalue weighted by molar-refractivity contribution is 0.0484. The van der Waals surface area contributed by atoms with Gasteiger partial charge in [-0.3, -0.25) is 5.10 Å². The highest BCUT2D eigenvalue weighted by atomic mass is 32.2. The van der Waals surface area contributed by atoms with E-state index in [0.29, 0.717) is 42.0 Å². The van der Waals surface area contributed by atoms with Gasteiger partial charge in [-0.05, 0) is 88.6 Å². The number of ether oxygens (including phenoxy) is 1. The summed E-state index contributed by atoms with van der Waals surface area (Å²) >= 11 is 0.